The first-order valence-electron chi connectivity index (χ1n) is 12.0. The third-order valence-electron chi connectivity index (χ3n) is 5.27. The van der Waals surface area contributed by atoms with Crippen LogP contribution in [0, 0.1) is 0 Å². The standard InChI is InChI=1S/C27H36N4O6/c1-17(2)31(25(35)20(15-22(28)33)30-26(36)37-27(3,4)5)23(19-13-9-10-14-21(19)32)24(34)29-16-18-11-7-6-8-12-18/h6-14,17,20,23,32H,15-16H2,1-5H3,(H2,28,33)(H,29,34)(H,30,36). The number of phenols is 1. The number of phenolic OH excluding ortho intramolecular Hbond substituents is 1. The number of benzene rings is 2. The molecule has 0 spiro atoms. The number of rotatable bonds is 10. The van der Waals surface area contributed by atoms with Gasteiger partial charge in [-0.1, -0.05) is 48.5 Å². The third-order valence-corrected chi connectivity index (χ3v) is 5.27. The van der Waals surface area contributed by atoms with Crippen LogP contribution in [0.2, 0.25) is 0 Å². The van der Waals surface area contributed by atoms with Crippen molar-refractivity contribution in [3.05, 3.63) is 65.7 Å². The van der Waals surface area contributed by atoms with Crippen LogP contribution in [0.3, 0.4) is 0 Å². The molecule has 0 aliphatic rings. The second-order valence-corrected chi connectivity index (χ2v) is 9.87. The van der Waals surface area contributed by atoms with Gasteiger partial charge < -0.3 is 31.1 Å². The number of carbonyl (C=O) groups excluding carboxylic acids is 4. The molecule has 10 heteroatoms. The number of nitrogens with one attached hydrogen (secondary N) is 2. The summed E-state index contributed by atoms with van der Waals surface area (Å²) < 4.78 is 5.25. The van der Waals surface area contributed by atoms with Gasteiger partial charge in [0.2, 0.25) is 17.7 Å². The van der Waals surface area contributed by atoms with Gasteiger partial charge in [0.15, 0.2) is 0 Å². The minimum absolute atomic E-state index is 0.185. The number of para-hydroxylation sites is 1. The number of hydrogen-bond acceptors (Lipinski definition) is 6. The number of primary amides is 1. The molecule has 0 bridgehead atoms. The van der Waals surface area contributed by atoms with E-state index >= 15 is 0 Å². The summed E-state index contributed by atoms with van der Waals surface area (Å²) >= 11 is 0. The summed E-state index contributed by atoms with van der Waals surface area (Å²) in [5.41, 5.74) is 5.55. The molecule has 37 heavy (non-hydrogen) atoms. The molecule has 0 saturated heterocycles. The van der Waals surface area contributed by atoms with Gasteiger partial charge in [-0.25, -0.2) is 4.79 Å². The molecular weight excluding hydrogens is 476 g/mol. The summed E-state index contributed by atoms with van der Waals surface area (Å²) in [6.07, 6.45) is -1.43. The second-order valence-electron chi connectivity index (χ2n) is 9.87. The van der Waals surface area contributed by atoms with Crippen LogP contribution in [0.25, 0.3) is 0 Å². The zero-order chi connectivity index (χ0) is 27.8. The van der Waals surface area contributed by atoms with Crippen molar-refractivity contribution in [1.29, 1.82) is 0 Å². The maximum atomic E-state index is 13.8. The number of nitrogens with two attached hydrogens (primary N) is 1. The minimum atomic E-state index is -1.40. The highest BCUT2D eigenvalue weighted by molar-refractivity contribution is 5.95. The highest BCUT2D eigenvalue weighted by atomic mass is 16.6. The Labute approximate surface area is 217 Å². The van der Waals surface area contributed by atoms with E-state index in [2.05, 4.69) is 10.6 Å². The zero-order valence-electron chi connectivity index (χ0n) is 21.9. The quantitative estimate of drug-likeness (QED) is 0.384. The molecule has 2 atom stereocenters. The molecule has 0 radical (unpaired) electrons. The molecule has 0 aliphatic heterocycles. The van der Waals surface area contributed by atoms with Gasteiger partial charge in [-0.05, 0) is 46.2 Å². The summed E-state index contributed by atoms with van der Waals surface area (Å²) in [6, 6.07) is 12.1. The monoisotopic (exact) mass is 512 g/mol. The highest BCUT2D eigenvalue weighted by Gasteiger charge is 2.39. The molecule has 10 nitrogen and oxygen atoms in total. The molecule has 2 aromatic rings. The van der Waals surface area contributed by atoms with E-state index in [4.69, 9.17) is 10.5 Å². The van der Waals surface area contributed by atoms with Crippen molar-refractivity contribution >= 4 is 23.8 Å². The van der Waals surface area contributed by atoms with Crippen LogP contribution in [0.4, 0.5) is 4.79 Å². The van der Waals surface area contributed by atoms with Crippen LogP contribution in [-0.4, -0.2) is 51.5 Å². The average Bonchev–Trinajstić information content (AvgIpc) is 2.79. The lowest BCUT2D eigenvalue weighted by Gasteiger charge is -2.37. The molecule has 5 N–H and O–H groups in total. The third kappa shape index (κ3) is 8.82. The topological polar surface area (TPSA) is 151 Å². The number of hydrogen-bond donors (Lipinski definition) is 4. The fraction of sp³-hybridized carbons (Fsp3) is 0.407. The van der Waals surface area contributed by atoms with Crippen molar-refractivity contribution in [3.8, 4) is 5.75 Å². The van der Waals surface area contributed by atoms with Gasteiger partial charge in [0, 0.05) is 18.2 Å². The van der Waals surface area contributed by atoms with Gasteiger partial charge in [0.25, 0.3) is 0 Å². The van der Waals surface area contributed by atoms with Crippen molar-refractivity contribution < 1.29 is 29.0 Å². The first kappa shape index (κ1) is 29.2. The molecule has 2 unspecified atom stereocenters. The van der Waals surface area contributed by atoms with Crippen LogP contribution < -0.4 is 16.4 Å². The van der Waals surface area contributed by atoms with Gasteiger partial charge in [0.05, 0.1) is 6.42 Å². The number of alkyl carbamates (subject to hydrolysis) is 1. The molecule has 200 valence electrons. The summed E-state index contributed by atoms with van der Waals surface area (Å²) in [6.45, 7) is 8.52. The summed E-state index contributed by atoms with van der Waals surface area (Å²) in [4.78, 5) is 52.8. The van der Waals surface area contributed by atoms with E-state index in [9.17, 15) is 24.3 Å². The molecule has 0 aromatic heterocycles. The van der Waals surface area contributed by atoms with Gasteiger partial charge >= 0.3 is 6.09 Å². The second kappa shape index (κ2) is 12.8. The Bertz CT molecular complexity index is 1100. The first-order chi connectivity index (χ1) is 17.3. The van der Waals surface area contributed by atoms with Gasteiger partial charge in [-0.15, -0.1) is 0 Å². The van der Waals surface area contributed by atoms with Crippen molar-refractivity contribution in [2.24, 2.45) is 5.73 Å². The summed E-state index contributed by atoms with van der Waals surface area (Å²) in [5, 5.41) is 15.8. The molecule has 4 amide bonds. The van der Waals surface area contributed by atoms with E-state index in [0.717, 1.165) is 5.56 Å². The van der Waals surface area contributed by atoms with Crippen LogP contribution in [-0.2, 0) is 25.7 Å². The molecule has 0 saturated carbocycles. The first-order valence-corrected chi connectivity index (χ1v) is 12.0. The van der Waals surface area contributed by atoms with Crippen LogP contribution in [0.15, 0.2) is 54.6 Å². The Balaban J connectivity index is 2.46. The normalized spacial score (nSPS) is 12.8. The number of nitrogens with zero attached hydrogens (tertiary/aromatic N) is 1. The maximum Gasteiger partial charge on any atom is 0.408 e. The predicted octanol–water partition coefficient (Wildman–Crippen LogP) is 2.76. The number of ether oxygens (including phenoxy) is 1. The lowest BCUT2D eigenvalue weighted by atomic mass is 9.99. The fourth-order valence-electron chi connectivity index (χ4n) is 3.73. The molecule has 0 fully saturated rings. The van der Waals surface area contributed by atoms with E-state index in [0.29, 0.717) is 0 Å². The smallest absolute Gasteiger partial charge is 0.408 e. The van der Waals surface area contributed by atoms with Crippen molar-refractivity contribution in [3.63, 3.8) is 0 Å². The number of aromatic hydroxyl groups is 1. The fourth-order valence-corrected chi connectivity index (χ4v) is 3.73. The Morgan fingerprint density at radius 2 is 1.59 bits per heavy atom. The Morgan fingerprint density at radius 1 is 1.00 bits per heavy atom. The molecule has 2 rings (SSSR count). The molecule has 2 aromatic carbocycles. The van der Waals surface area contributed by atoms with Crippen LogP contribution in [0.5, 0.6) is 5.75 Å². The zero-order valence-corrected chi connectivity index (χ0v) is 21.9. The van der Waals surface area contributed by atoms with Crippen LogP contribution >= 0.6 is 0 Å². The molecular formula is C27H36N4O6. The van der Waals surface area contributed by atoms with E-state index in [-0.39, 0.29) is 17.9 Å². The minimum Gasteiger partial charge on any atom is -0.508 e. The van der Waals surface area contributed by atoms with E-state index < -0.39 is 54.0 Å². The Morgan fingerprint density at radius 3 is 2.14 bits per heavy atom. The largest absolute Gasteiger partial charge is 0.508 e. The molecule has 0 aliphatic carbocycles. The van der Waals surface area contributed by atoms with E-state index in [1.54, 1.807) is 46.8 Å². The van der Waals surface area contributed by atoms with Gasteiger partial charge in [-0.2, -0.15) is 0 Å². The predicted molar refractivity (Wildman–Crippen MR) is 138 cm³/mol. The molecule has 0 heterocycles. The van der Waals surface area contributed by atoms with E-state index in [1.807, 2.05) is 30.3 Å². The van der Waals surface area contributed by atoms with Crippen molar-refractivity contribution in [2.75, 3.05) is 0 Å². The highest BCUT2D eigenvalue weighted by Crippen LogP contribution is 2.31. The van der Waals surface area contributed by atoms with Crippen molar-refractivity contribution in [2.45, 2.75) is 71.3 Å². The lowest BCUT2D eigenvalue weighted by molar-refractivity contribution is -0.145. The van der Waals surface area contributed by atoms with Gasteiger partial charge in [0.1, 0.15) is 23.4 Å². The van der Waals surface area contributed by atoms with Gasteiger partial charge in [-0.3, -0.25) is 14.4 Å². The SMILES string of the molecule is CC(C)N(C(=O)C(CC(N)=O)NC(=O)OC(C)(C)C)C(C(=O)NCc1ccccc1)c1ccccc1O. The van der Waals surface area contributed by atoms with Crippen LogP contribution in [0.1, 0.15) is 58.2 Å². The number of amides is 4. The lowest BCUT2D eigenvalue weighted by Crippen LogP contribution is -2.55. The van der Waals surface area contributed by atoms with Crippen molar-refractivity contribution in [1.82, 2.24) is 15.5 Å². The summed E-state index contributed by atoms with van der Waals surface area (Å²) in [7, 11) is 0. The summed E-state index contributed by atoms with van der Waals surface area (Å²) in [5.74, 6) is -2.30. The Kier molecular flexibility index (Phi) is 10.0. The maximum absolute atomic E-state index is 13.8. The number of carbonyl (C=O) groups is 4. The Hall–Kier alpha value is -4.08. The average molecular weight is 513 g/mol. The van der Waals surface area contributed by atoms with E-state index in [1.165, 1.54) is 17.0 Å².